The highest BCUT2D eigenvalue weighted by Crippen LogP contribution is 2.35. The minimum atomic E-state index is -0.862. The first-order valence-electron chi connectivity index (χ1n) is 8.40. The van der Waals surface area contributed by atoms with E-state index in [4.69, 9.17) is 19.4 Å². The van der Waals surface area contributed by atoms with Gasteiger partial charge in [0, 0.05) is 12.7 Å². The lowest BCUT2D eigenvalue weighted by atomic mass is 10.0. The number of fused-ring (bicyclic) bond motifs is 1. The number of aryl methyl sites for hydroxylation is 1. The molecular weight excluding hydrogens is 352 g/mol. The van der Waals surface area contributed by atoms with Crippen LogP contribution in [0.3, 0.4) is 0 Å². The van der Waals surface area contributed by atoms with Gasteiger partial charge in [0.25, 0.3) is 5.91 Å². The summed E-state index contributed by atoms with van der Waals surface area (Å²) in [5.41, 5.74) is 3.50. The third-order valence-corrected chi connectivity index (χ3v) is 4.17. The first-order valence-corrected chi connectivity index (χ1v) is 8.40. The average molecular weight is 372 g/mol. The van der Waals surface area contributed by atoms with Gasteiger partial charge in [0.15, 0.2) is 6.10 Å². The lowest BCUT2D eigenvalue weighted by Gasteiger charge is -2.26. The fraction of sp³-hybridized carbons (Fsp3) is 0.263. The van der Waals surface area contributed by atoms with Crippen LogP contribution in [0.15, 0.2) is 48.5 Å². The minimum Gasteiger partial charge on any atom is -0.478 e. The molecule has 0 spiro atoms. The molecule has 142 valence electrons. The van der Waals surface area contributed by atoms with Crippen LogP contribution in [0.25, 0.3) is 0 Å². The normalized spacial score (nSPS) is 16.4. The van der Waals surface area contributed by atoms with Crippen molar-refractivity contribution in [3.63, 3.8) is 0 Å². The molecule has 1 heterocycles. The summed E-state index contributed by atoms with van der Waals surface area (Å²) in [6.45, 7) is 0. The van der Waals surface area contributed by atoms with Crippen molar-refractivity contribution in [1.82, 2.24) is 5.48 Å². The molecule has 3 N–H and O–H groups in total. The van der Waals surface area contributed by atoms with E-state index in [2.05, 4.69) is 5.32 Å². The zero-order valence-corrected chi connectivity index (χ0v) is 14.7. The molecule has 8 nitrogen and oxygen atoms in total. The van der Waals surface area contributed by atoms with Crippen molar-refractivity contribution < 1.29 is 29.0 Å². The molecular formula is C19H20N2O6. The second-order valence-electron chi connectivity index (χ2n) is 5.92. The number of nitrogens with one attached hydrogen (secondary N) is 2. The summed E-state index contributed by atoms with van der Waals surface area (Å²) >= 11 is 0. The lowest BCUT2D eigenvalue weighted by molar-refractivity contribution is -0.137. The van der Waals surface area contributed by atoms with Crippen molar-refractivity contribution in [2.75, 3.05) is 12.4 Å². The van der Waals surface area contributed by atoms with E-state index in [1.807, 2.05) is 24.3 Å². The molecule has 3 rings (SSSR count). The molecule has 2 atom stereocenters. The van der Waals surface area contributed by atoms with Crippen LogP contribution < -0.4 is 15.5 Å². The van der Waals surface area contributed by atoms with E-state index in [0.717, 1.165) is 5.56 Å². The molecule has 1 unspecified atom stereocenters. The molecule has 0 aromatic heterocycles. The highest BCUT2D eigenvalue weighted by atomic mass is 16.7. The number of hydrogen-bond donors (Lipinski definition) is 3. The average Bonchev–Trinajstić information content (AvgIpc) is 2.72. The van der Waals surface area contributed by atoms with Gasteiger partial charge < -0.3 is 14.2 Å². The molecule has 8 heteroatoms. The maximum atomic E-state index is 12.3. The van der Waals surface area contributed by atoms with Crippen molar-refractivity contribution in [2.24, 2.45) is 0 Å². The van der Waals surface area contributed by atoms with E-state index in [1.54, 1.807) is 29.7 Å². The fourth-order valence-corrected chi connectivity index (χ4v) is 2.86. The maximum Gasteiger partial charge on any atom is 0.414 e. The van der Waals surface area contributed by atoms with Gasteiger partial charge in [-0.2, -0.15) is 0 Å². The van der Waals surface area contributed by atoms with Crippen LogP contribution in [0.4, 0.5) is 10.5 Å². The number of methoxy groups -OCH3 is 1. The van der Waals surface area contributed by atoms with Crippen molar-refractivity contribution in [2.45, 2.75) is 25.2 Å². The summed E-state index contributed by atoms with van der Waals surface area (Å²) in [4.78, 5) is 24.0. The smallest absolute Gasteiger partial charge is 0.414 e. The van der Waals surface area contributed by atoms with Gasteiger partial charge in [0.05, 0.1) is 5.69 Å². The Bertz CT molecular complexity index is 811. The molecule has 0 fully saturated rings. The number of hydrogen-bond acceptors (Lipinski definition) is 6. The zero-order chi connectivity index (χ0) is 19.2. The largest absolute Gasteiger partial charge is 0.478 e. The Balaban J connectivity index is 1.72. The van der Waals surface area contributed by atoms with E-state index in [1.165, 1.54) is 7.11 Å². The summed E-state index contributed by atoms with van der Waals surface area (Å²) in [7, 11) is 1.44. The van der Waals surface area contributed by atoms with Crippen molar-refractivity contribution in [3.05, 3.63) is 59.7 Å². The predicted molar refractivity (Wildman–Crippen MR) is 95.4 cm³/mol. The topological polar surface area (TPSA) is 106 Å². The zero-order valence-electron chi connectivity index (χ0n) is 14.7. The van der Waals surface area contributed by atoms with Crippen molar-refractivity contribution in [3.8, 4) is 5.75 Å². The minimum absolute atomic E-state index is 0.371. The van der Waals surface area contributed by atoms with Gasteiger partial charge in [-0.1, -0.05) is 42.5 Å². The number of hydroxylamine groups is 1. The van der Waals surface area contributed by atoms with E-state index < -0.39 is 24.4 Å². The van der Waals surface area contributed by atoms with Crippen LogP contribution in [0.5, 0.6) is 5.75 Å². The summed E-state index contributed by atoms with van der Waals surface area (Å²) in [6, 6.07) is 14.3. The van der Waals surface area contributed by atoms with Crippen molar-refractivity contribution in [1.29, 1.82) is 0 Å². The van der Waals surface area contributed by atoms with Gasteiger partial charge in [-0.05, 0) is 24.5 Å². The molecule has 0 bridgehead atoms. The number of anilines is 1. The third kappa shape index (κ3) is 4.36. The molecule has 2 aromatic rings. The Kier molecular flexibility index (Phi) is 5.90. The van der Waals surface area contributed by atoms with Gasteiger partial charge >= 0.3 is 6.09 Å². The van der Waals surface area contributed by atoms with Crippen LogP contribution in [0.1, 0.15) is 23.8 Å². The second kappa shape index (κ2) is 8.52. The Morgan fingerprint density at radius 1 is 1.19 bits per heavy atom. The van der Waals surface area contributed by atoms with Gasteiger partial charge in [0.1, 0.15) is 5.75 Å². The quantitative estimate of drug-likeness (QED) is 0.423. The fourth-order valence-electron chi connectivity index (χ4n) is 2.86. The first kappa shape index (κ1) is 18.7. The van der Waals surface area contributed by atoms with Crippen molar-refractivity contribution >= 4 is 17.7 Å². The highest BCUT2D eigenvalue weighted by Gasteiger charge is 2.28. The van der Waals surface area contributed by atoms with Crippen LogP contribution in [-0.2, 0) is 20.7 Å². The second-order valence-corrected chi connectivity index (χ2v) is 5.92. The predicted octanol–water partition coefficient (Wildman–Crippen LogP) is 2.78. The highest BCUT2D eigenvalue weighted by molar-refractivity contribution is 5.88. The summed E-state index contributed by atoms with van der Waals surface area (Å²) in [5.74, 6) is -0.260. The standard InChI is InChI=1S/C19H20N2O6/c1-25-18(13-6-3-2-4-7-13)27-19(23)20-14-9-5-8-12-10-11-15(17(22)21-24)26-16(12)14/h2-9,15,18,24H,10-11H2,1H3,(H,20,23)(H,21,22)/t15-,18?/m0/s1. The van der Waals surface area contributed by atoms with Gasteiger partial charge in [-0.3, -0.25) is 15.3 Å². The number of amides is 2. The van der Waals surface area contributed by atoms with Crippen LogP contribution >= 0.6 is 0 Å². The molecule has 2 aromatic carbocycles. The molecule has 0 aliphatic carbocycles. The number of para-hydroxylation sites is 1. The Morgan fingerprint density at radius 2 is 1.96 bits per heavy atom. The maximum absolute atomic E-state index is 12.3. The van der Waals surface area contributed by atoms with Gasteiger partial charge in [-0.15, -0.1) is 0 Å². The number of rotatable bonds is 5. The van der Waals surface area contributed by atoms with Gasteiger partial charge in [-0.25, -0.2) is 10.3 Å². The van der Waals surface area contributed by atoms with Crippen LogP contribution in [0, 0.1) is 0 Å². The molecule has 27 heavy (non-hydrogen) atoms. The first-order chi connectivity index (χ1) is 13.1. The van der Waals surface area contributed by atoms with E-state index in [0.29, 0.717) is 29.8 Å². The summed E-state index contributed by atoms with van der Waals surface area (Å²) < 4.78 is 16.2. The molecule has 0 saturated carbocycles. The van der Waals surface area contributed by atoms with Gasteiger partial charge in [0.2, 0.25) is 6.29 Å². The SMILES string of the molecule is COC(OC(=O)Nc1cccc2c1O[C@H](C(=O)NO)CC2)c1ccccc1. The van der Waals surface area contributed by atoms with E-state index in [9.17, 15) is 9.59 Å². The molecule has 0 radical (unpaired) electrons. The van der Waals surface area contributed by atoms with Crippen LogP contribution in [-0.4, -0.2) is 30.4 Å². The monoisotopic (exact) mass is 372 g/mol. The molecule has 1 aliphatic rings. The number of carbonyl (C=O) groups excluding carboxylic acids is 2. The van der Waals surface area contributed by atoms with E-state index >= 15 is 0 Å². The van der Waals surface area contributed by atoms with Crippen LogP contribution in [0.2, 0.25) is 0 Å². The lowest BCUT2D eigenvalue weighted by Crippen LogP contribution is -2.39. The molecule has 0 saturated heterocycles. The summed E-state index contributed by atoms with van der Waals surface area (Å²) in [6.07, 6.45) is -1.43. The number of benzene rings is 2. The van der Waals surface area contributed by atoms with E-state index in [-0.39, 0.29) is 0 Å². The Labute approximate surface area is 156 Å². The molecule has 2 amide bonds. The Hall–Kier alpha value is -3.10. The number of ether oxygens (including phenoxy) is 3. The summed E-state index contributed by atoms with van der Waals surface area (Å²) in [5, 5.41) is 11.4. The Morgan fingerprint density at radius 3 is 2.67 bits per heavy atom. The molecule has 1 aliphatic heterocycles. The number of carbonyl (C=O) groups is 2. The third-order valence-electron chi connectivity index (χ3n) is 4.17.